The van der Waals surface area contributed by atoms with E-state index >= 15 is 0 Å². The number of amides is 1. The second kappa shape index (κ2) is 13.5. The maximum atomic E-state index is 13.7. The predicted octanol–water partition coefficient (Wildman–Crippen LogP) is 5.29. The summed E-state index contributed by atoms with van der Waals surface area (Å²) >= 11 is 0. The number of carbonyl (C=O) groups is 1. The quantitative estimate of drug-likeness (QED) is 0.260. The minimum atomic E-state index is -2.37. The number of aryl methyl sites for hydroxylation is 1. The normalized spacial score (nSPS) is 19.1. The van der Waals surface area contributed by atoms with Gasteiger partial charge in [0, 0.05) is 56.6 Å². The summed E-state index contributed by atoms with van der Waals surface area (Å²) in [4.78, 5) is 29.3. The van der Waals surface area contributed by atoms with Crippen LogP contribution in [0.25, 0.3) is 11.1 Å². The molecule has 1 saturated carbocycles. The molecular weight excluding hydrogens is 574 g/mol. The van der Waals surface area contributed by atoms with E-state index in [1.54, 1.807) is 15.8 Å². The van der Waals surface area contributed by atoms with Crippen molar-refractivity contribution < 1.29 is 13.6 Å². The molecule has 1 atom stereocenters. The highest BCUT2D eigenvalue weighted by molar-refractivity contribution is 5.83. The van der Waals surface area contributed by atoms with Crippen molar-refractivity contribution in [2.45, 2.75) is 51.0 Å². The Balaban J connectivity index is 1.14. The first-order valence-corrected chi connectivity index (χ1v) is 15.4. The number of alkyl halides is 2. The van der Waals surface area contributed by atoms with Crippen LogP contribution in [0.2, 0.25) is 0 Å². The number of anilines is 1. The average molecular weight is 611 g/mol. The monoisotopic (exact) mass is 610 g/mol. The fourth-order valence-electron chi connectivity index (χ4n) is 6.47. The van der Waals surface area contributed by atoms with Crippen LogP contribution in [-0.4, -0.2) is 50.2 Å². The van der Waals surface area contributed by atoms with Crippen molar-refractivity contribution >= 4 is 11.7 Å². The number of nitrogens with one attached hydrogen (secondary N) is 1. The smallest absolute Gasteiger partial charge is 0.244 e. The van der Waals surface area contributed by atoms with Crippen molar-refractivity contribution in [2.75, 3.05) is 18.0 Å². The predicted molar refractivity (Wildman–Crippen MR) is 165 cm³/mol. The highest BCUT2D eigenvalue weighted by Crippen LogP contribution is 2.39. The number of halogens is 2. The number of hydrogen-bond donors (Lipinski definition) is 1. The lowest BCUT2D eigenvalue weighted by Crippen LogP contribution is -2.50. The Morgan fingerprint density at radius 2 is 1.78 bits per heavy atom. The Bertz CT molecular complexity index is 1640. The van der Waals surface area contributed by atoms with Gasteiger partial charge in [-0.25, -0.2) is 18.7 Å². The number of aromatic nitrogens is 5. The Labute approximate surface area is 261 Å². The third-order valence-electron chi connectivity index (χ3n) is 9.07. The van der Waals surface area contributed by atoms with Crippen molar-refractivity contribution in [3.63, 3.8) is 0 Å². The van der Waals surface area contributed by atoms with Crippen molar-refractivity contribution in [1.29, 1.82) is 5.26 Å². The minimum absolute atomic E-state index is 0.0272. The Hall–Kier alpha value is -4.72. The molecular formula is C34H36F2N8O. The van der Waals surface area contributed by atoms with Gasteiger partial charge in [-0.2, -0.15) is 10.4 Å². The number of benzene rings is 1. The number of carbonyl (C=O) groups excluding carboxylic acids is 1. The molecule has 1 amide bonds. The van der Waals surface area contributed by atoms with Crippen LogP contribution in [0.4, 0.5) is 14.6 Å². The Kier molecular flexibility index (Phi) is 9.10. The highest BCUT2D eigenvalue weighted by Gasteiger charge is 2.37. The van der Waals surface area contributed by atoms with E-state index in [1.807, 2.05) is 61.9 Å². The molecule has 6 rings (SSSR count). The molecule has 0 bridgehead atoms. The van der Waals surface area contributed by atoms with Gasteiger partial charge in [0.1, 0.15) is 23.3 Å². The molecule has 4 heterocycles. The highest BCUT2D eigenvalue weighted by atomic mass is 19.3. The SMILES string of the molecule is Cn1cc(-c2ccc(C(C(=O)NCc3ccccc3)[C@H]3CC[C@H](Cc4ncc(C#N)c(N5CC(C(F)F)C5)n4)CC3)nc2)cn1. The second-order valence-corrected chi connectivity index (χ2v) is 12.2. The topological polar surface area (TPSA) is 113 Å². The number of pyridine rings is 1. The van der Waals surface area contributed by atoms with Gasteiger partial charge < -0.3 is 10.2 Å². The molecule has 1 unspecified atom stereocenters. The molecule has 2 aliphatic rings. The van der Waals surface area contributed by atoms with Crippen LogP contribution in [-0.2, 0) is 24.8 Å². The maximum Gasteiger partial charge on any atom is 0.244 e. The molecule has 1 N–H and O–H groups in total. The lowest BCUT2D eigenvalue weighted by Gasteiger charge is -2.40. The molecule has 1 aliphatic carbocycles. The summed E-state index contributed by atoms with van der Waals surface area (Å²) in [6, 6.07) is 15.9. The summed E-state index contributed by atoms with van der Waals surface area (Å²) in [7, 11) is 1.87. The first kappa shape index (κ1) is 30.3. The van der Waals surface area contributed by atoms with E-state index in [1.165, 1.54) is 6.20 Å². The van der Waals surface area contributed by atoms with Gasteiger partial charge in [-0.1, -0.05) is 36.4 Å². The molecule has 1 saturated heterocycles. The standard InChI is InChI=1S/C34H36F2N8O/c1-43-19-27(18-41-43)25-11-12-29(38-16-25)31(34(45)40-15-23-5-3-2-4-6-23)24-9-7-22(8-10-24)13-30-39-17-26(14-37)33(42-30)44-20-28(21-44)32(35)36/h2-6,11-12,16-19,22,24,28,31-32H,7-10,13,15,20-21H2,1H3,(H,40,45)/t22-,24-,31?. The fraction of sp³-hybridized carbons (Fsp3) is 0.412. The molecule has 0 spiro atoms. The Morgan fingerprint density at radius 3 is 2.42 bits per heavy atom. The summed E-state index contributed by atoms with van der Waals surface area (Å²) in [6.45, 7) is 0.838. The van der Waals surface area contributed by atoms with Gasteiger partial charge in [0.25, 0.3) is 0 Å². The zero-order valence-corrected chi connectivity index (χ0v) is 25.2. The zero-order chi connectivity index (χ0) is 31.3. The van der Waals surface area contributed by atoms with E-state index < -0.39 is 12.3 Å². The molecule has 45 heavy (non-hydrogen) atoms. The first-order valence-electron chi connectivity index (χ1n) is 15.4. The van der Waals surface area contributed by atoms with Crippen LogP contribution in [0.3, 0.4) is 0 Å². The number of hydrogen-bond acceptors (Lipinski definition) is 7. The Morgan fingerprint density at radius 1 is 1.00 bits per heavy atom. The zero-order valence-electron chi connectivity index (χ0n) is 25.2. The van der Waals surface area contributed by atoms with Gasteiger partial charge >= 0.3 is 0 Å². The van der Waals surface area contributed by atoms with Gasteiger partial charge in [-0.05, 0) is 49.1 Å². The molecule has 1 aliphatic heterocycles. The third kappa shape index (κ3) is 7.00. The van der Waals surface area contributed by atoms with E-state index in [0.29, 0.717) is 36.1 Å². The van der Waals surface area contributed by atoms with Crippen LogP contribution < -0.4 is 10.2 Å². The maximum absolute atomic E-state index is 13.7. The third-order valence-corrected chi connectivity index (χ3v) is 9.07. The van der Waals surface area contributed by atoms with E-state index in [0.717, 1.165) is 48.1 Å². The van der Waals surface area contributed by atoms with Gasteiger partial charge in [0.15, 0.2) is 0 Å². The number of rotatable bonds is 10. The number of nitriles is 1. The van der Waals surface area contributed by atoms with Crippen LogP contribution in [0.1, 0.15) is 54.2 Å². The molecule has 232 valence electrons. The van der Waals surface area contributed by atoms with Gasteiger partial charge in [-0.3, -0.25) is 14.5 Å². The molecule has 4 aromatic rings. The van der Waals surface area contributed by atoms with Crippen molar-refractivity contribution in [2.24, 2.45) is 24.8 Å². The van der Waals surface area contributed by atoms with E-state index in [4.69, 9.17) is 4.98 Å². The molecule has 2 fully saturated rings. The molecule has 9 nitrogen and oxygen atoms in total. The van der Waals surface area contributed by atoms with Gasteiger partial charge in [0.05, 0.1) is 29.9 Å². The first-order chi connectivity index (χ1) is 21.9. The summed E-state index contributed by atoms with van der Waals surface area (Å²) < 4.78 is 27.8. The second-order valence-electron chi connectivity index (χ2n) is 12.2. The molecule has 0 radical (unpaired) electrons. The van der Waals surface area contributed by atoms with E-state index in [-0.39, 0.29) is 30.8 Å². The van der Waals surface area contributed by atoms with Gasteiger partial charge in [0.2, 0.25) is 12.3 Å². The number of nitrogens with zero attached hydrogens (tertiary/aromatic N) is 7. The van der Waals surface area contributed by atoms with Crippen molar-refractivity contribution in [3.8, 4) is 17.2 Å². The van der Waals surface area contributed by atoms with Crippen LogP contribution in [0.5, 0.6) is 0 Å². The largest absolute Gasteiger partial charge is 0.354 e. The summed E-state index contributed by atoms with van der Waals surface area (Å²) in [5.74, 6) is 0.413. The summed E-state index contributed by atoms with van der Waals surface area (Å²) in [5, 5.41) is 16.9. The van der Waals surface area contributed by atoms with Crippen molar-refractivity contribution in [1.82, 2.24) is 30.0 Å². The minimum Gasteiger partial charge on any atom is -0.354 e. The van der Waals surface area contributed by atoms with Crippen LogP contribution in [0.15, 0.2) is 67.3 Å². The lowest BCUT2D eigenvalue weighted by atomic mass is 9.73. The molecule has 1 aromatic carbocycles. The summed E-state index contributed by atoms with van der Waals surface area (Å²) in [5.41, 5.74) is 4.02. The van der Waals surface area contributed by atoms with Crippen molar-refractivity contribution in [3.05, 3.63) is 89.9 Å². The average Bonchev–Trinajstić information content (AvgIpc) is 3.47. The summed E-state index contributed by atoms with van der Waals surface area (Å²) in [6.07, 6.45) is 8.83. The van der Waals surface area contributed by atoms with Crippen LogP contribution >= 0.6 is 0 Å². The fourth-order valence-corrected chi connectivity index (χ4v) is 6.47. The lowest BCUT2D eigenvalue weighted by molar-refractivity contribution is -0.124. The van der Waals surface area contributed by atoms with E-state index in [2.05, 4.69) is 26.5 Å². The molecule has 3 aromatic heterocycles. The van der Waals surface area contributed by atoms with Crippen LogP contribution in [0, 0.1) is 29.1 Å². The molecule has 11 heteroatoms. The van der Waals surface area contributed by atoms with Gasteiger partial charge in [-0.15, -0.1) is 0 Å². The van der Waals surface area contributed by atoms with E-state index in [9.17, 15) is 18.8 Å².